The number of fused-ring (bicyclic) bond motifs is 1. The third-order valence-electron chi connectivity index (χ3n) is 3.12. The molecule has 2 heterocycles. The van der Waals surface area contributed by atoms with Crippen LogP contribution in [0.15, 0.2) is 42.7 Å². The molecule has 0 amide bonds. The molecular formula is C16H16N4. The summed E-state index contributed by atoms with van der Waals surface area (Å²) >= 11 is 0. The Balaban J connectivity index is 2.05. The van der Waals surface area contributed by atoms with Crippen LogP contribution in [0, 0.1) is 6.92 Å². The maximum absolute atomic E-state index is 4.56. The summed E-state index contributed by atoms with van der Waals surface area (Å²) in [6.45, 7) is 4.87. The van der Waals surface area contributed by atoms with Crippen LogP contribution >= 0.6 is 0 Å². The highest BCUT2D eigenvalue weighted by molar-refractivity contribution is 5.83. The van der Waals surface area contributed by atoms with Gasteiger partial charge in [0.25, 0.3) is 0 Å². The summed E-state index contributed by atoms with van der Waals surface area (Å²) in [7, 11) is 0. The largest absolute Gasteiger partial charge is 0.369 e. The summed E-state index contributed by atoms with van der Waals surface area (Å²) in [6.07, 6.45) is 3.52. The Labute approximate surface area is 117 Å². The molecule has 0 saturated heterocycles. The Kier molecular flexibility index (Phi) is 3.29. The molecule has 0 saturated carbocycles. The van der Waals surface area contributed by atoms with Gasteiger partial charge in [-0.15, -0.1) is 0 Å². The number of benzene rings is 1. The predicted octanol–water partition coefficient (Wildman–Crippen LogP) is 3.43. The zero-order valence-electron chi connectivity index (χ0n) is 11.6. The lowest BCUT2D eigenvalue weighted by Crippen LogP contribution is -2.00. The van der Waals surface area contributed by atoms with Crippen molar-refractivity contribution >= 4 is 16.7 Å². The minimum Gasteiger partial charge on any atom is -0.369 e. The van der Waals surface area contributed by atoms with Gasteiger partial charge in [-0.05, 0) is 32.0 Å². The van der Waals surface area contributed by atoms with Gasteiger partial charge in [0, 0.05) is 23.2 Å². The van der Waals surface area contributed by atoms with Crippen molar-refractivity contribution in [3.8, 4) is 11.3 Å². The Bertz CT molecular complexity index is 752. The highest BCUT2D eigenvalue weighted by Gasteiger charge is 2.04. The average molecular weight is 264 g/mol. The lowest BCUT2D eigenvalue weighted by molar-refractivity contribution is 1.12. The van der Waals surface area contributed by atoms with E-state index in [1.165, 1.54) is 0 Å². The van der Waals surface area contributed by atoms with Gasteiger partial charge in [0.1, 0.15) is 5.82 Å². The average Bonchev–Trinajstić information content (AvgIpc) is 2.47. The Morgan fingerprint density at radius 2 is 1.95 bits per heavy atom. The van der Waals surface area contributed by atoms with E-state index in [0.29, 0.717) is 0 Å². The van der Waals surface area contributed by atoms with Gasteiger partial charge in [-0.2, -0.15) is 0 Å². The first-order chi connectivity index (χ1) is 9.76. The van der Waals surface area contributed by atoms with Crippen LogP contribution in [0.1, 0.15) is 12.6 Å². The molecule has 4 nitrogen and oxygen atoms in total. The van der Waals surface area contributed by atoms with E-state index in [0.717, 1.165) is 40.2 Å². The summed E-state index contributed by atoms with van der Waals surface area (Å²) in [4.78, 5) is 13.3. The molecule has 0 aliphatic rings. The van der Waals surface area contributed by atoms with E-state index < -0.39 is 0 Å². The fourth-order valence-electron chi connectivity index (χ4n) is 2.16. The normalized spacial score (nSPS) is 10.7. The molecule has 3 rings (SSSR count). The molecule has 2 aromatic heterocycles. The number of aromatic nitrogens is 3. The lowest BCUT2D eigenvalue weighted by atomic mass is 10.1. The molecule has 4 heteroatoms. The third-order valence-corrected chi connectivity index (χ3v) is 3.12. The topological polar surface area (TPSA) is 50.7 Å². The van der Waals surface area contributed by atoms with Gasteiger partial charge >= 0.3 is 0 Å². The predicted molar refractivity (Wildman–Crippen MR) is 81.7 cm³/mol. The first-order valence-electron chi connectivity index (χ1n) is 6.70. The summed E-state index contributed by atoms with van der Waals surface area (Å²) in [5.74, 6) is 0.798. The van der Waals surface area contributed by atoms with E-state index >= 15 is 0 Å². The van der Waals surface area contributed by atoms with Crippen molar-refractivity contribution in [3.05, 3.63) is 48.4 Å². The van der Waals surface area contributed by atoms with Crippen molar-refractivity contribution in [3.63, 3.8) is 0 Å². The molecule has 0 unspecified atom stereocenters. The zero-order chi connectivity index (χ0) is 13.9. The molecule has 0 radical (unpaired) electrons. The van der Waals surface area contributed by atoms with Crippen molar-refractivity contribution in [2.24, 2.45) is 0 Å². The van der Waals surface area contributed by atoms with Crippen LogP contribution in [0.4, 0.5) is 5.82 Å². The number of rotatable bonds is 3. The second-order valence-corrected chi connectivity index (χ2v) is 4.68. The molecule has 3 aromatic rings. The molecule has 1 N–H and O–H groups in total. The van der Waals surface area contributed by atoms with Crippen LogP contribution in [0.25, 0.3) is 22.2 Å². The van der Waals surface area contributed by atoms with Crippen molar-refractivity contribution in [1.82, 2.24) is 15.0 Å². The molecule has 0 aliphatic heterocycles. The van der Waals surface area contributed by atoms with Crippen molar-refractivity contribution in [1.29, 1.82) is 0 Å². The fourth-order valence-corrected chi connectivity index (χ4v) is 2.16. The fraction of sp³-hybridized carbons (Fsp3) is 0.188. The summed E-state index contributed by atoms with van der Waals surface area (Å²) in [5.41, 5.74) is 3.95. The van der Waals surface area contributed by atoms with E-state index in [1.807, 2.05) is 32.0 Å². The Morgan fingerprint density at radius 1 is 1.05 bits per heavy atom. The van der Waals surface area contributed by atoms with Crippen LogP contribution in [0.2, 0.25) is 0 Å². The van der Waals surface area contributed by atoms with Crippen LogP contribution in [-0.2, 0) is 0 Å². The van der Waals surface area contributed by atoms with Crippen LogP contribution in [0.5, 0.6) is 0 Å². The molecule has 1 aromatic carbocycles. The highest BCUT2D eigenvalue weighted by Crippen LogP contribution is 2.22. The molecule has 100 valence electrons. The number of pyridine rings is 1. The molecule has 0 atom stereocenters. The summed E-state index contributed by atoms with van der Waals surface area (Å²) < 4.78 is 0. The minimum absolute atomic E-state index is 0.798. The first kappa shape index (κ1) is 12.5. The number of anilines is 1. The van der Waals surface area contributed by atoms with E-state index in [9.17, 15) is 0 Å². The molecule has 0 spiro atoms. The van der Waals surface area contributed by atoms with Gasteiger partial charge in [0.15, 0.2) is 0 Å². The van der Waals surface area contributed by atoms with Gasteiger partial charge in [0.05, 0.1) is 23.6 Å². The molecule has 0 aliphatic carbocycles. The molecule has 0 fully saturated rings. The van der Waals surface area contributed by atoms with E-state index in [-0.39, 0.29) is 0 Å². The third kappa shape index (κ3) is 2.45. The van der Waals surface area contributed by atoms with E-state index in [2.05, 4.69) is 32.4 Å². The van der Waals surface area contributed by atoms with Crippen molar-refractivity contribution in [2.75, 3.05) is 11.9 Å². The standard InChI is InChI=1S/C16H16N4/c1-3-18-16-10-17-9-15(20-16)13-6-7-14-12(8-13)5-4-11(2)19-14/h4-10H,3H2,1-2H3,(H,18,20). The maximum atomic E-state index is 4.56. The number of hydrogen-bond acceptors (Lipinski definition) is 4. The minimum atomic E-state index is 0.798. The second-order valence-electron chi connectivity index (χ2n) is 4.68. The summed E-state index contributed by atoms with van der Waals surface area (Å²) in [6, 6.07) is 10.3. The van der Waals surface area contributed by atoms with Crippen LogP contribution < -0.4 is 5.32 Å². The maximum Gasteiger partial charge on any atom is 0.145 e. The van der Waals surface area contributed by atoms with Gasteiger partial charge in [0.2, 0.25) is 0 Å². The molecule has 0 bridgehead atoms. The van der Waals surface area contributed by atoms with Gasteiger partial charge in [-0.25, -0.2) is 4.98 Å². The van der Waals surface area contributed by atoms with E-state index in [1.54, 1.807) is 12.4 Å². The number of nitrogens with zero attached hydrogens (tertiary/aromatic N) is 3. The smallest absolute Gasteiger partial charge is 0.145 e. The molecular weight excluding hydrogens is 248 g/mol. The highest BCUT2D eigenvalue weighted by atomic mass is 15.0. The lowest BCUT2D eigenvalue weighted by Gasteiger charge is -2.06. The van der Waals surface area contributed by atoms with Crippen LogP contribution in [-0.4, -0.2) is 21.5 Å². The van der Waals surface area contributed by atoms with Gasteiger partial charge in [-0.1, -0.05) is 12.1 Å². The quantitative estimate of drug-likeness (QED) is 0.787. The Hall–Kier alpha value is -2.49. The van der Waals surface area contributed by atoms with Gasteiger partial charge < -0.3 is 5.32 Å². The van der Waals surface area contributed by atoms with Crippen LogP contribution in [0.3, 0.4) is 0 Å². The monoisotopic (exact) mass is 264 g/mol. The second kappa shape index (κ2) is 5.25. The Morgan fingerprint density at radius 3 is 2.80 bits per heavy atom. The van der Waals surface area contributed by atoms with Gasteiger partial charge in [-0.3, -0.25) is 9.97 Å². The zero-order valence-corrected chi connectivity index (χ0v) is 11.6. The number of aryl methyl sites for hydroxylation is 1. The number of hydrogen-bond donors (Lipinski definition) is 1. The SMILES string of the molecule is CCNc1cncc(-c2ccc3nc(C)ccc3c2)n1. The van der Waals surface area contributed by atoms with Crippen molar-refractivity contribution < 1.29 is 0 Å². The summed E-state index contributed by atoms with van der Waals surface area (Å²) in [5, 5.41) is 4.29. The van der Waals surface area contributed by atoms with E-state index in [4.69, 9.17) is 0 Å². The number of nitrogens with one attached hydrogen (secondary N) is 1. The molecule has 20 heavy (non-hydrogen) atoms. The first-order valence-corrected chi connectivity index (χ1v) is 6.70. The van der Waals surface area contributed by atoms with Crippen molar-refractivity contribution in [2.45, 2.75) is 13.8 Å².